The van der Waals surface area contributed by atoms with Gasteiger partial charge in [0.1, 0.15) is 5.52 Å². The van der Waals surface area contributed by atoms with E-state index in [0.717, 1.165) is 5.69 Å². The molecule has 0 amide bonds. The van der Waals surface area contributed by atoms with E-state index >= 15 is 0 Å². The van der Waals surface area contributed by atoms with Gasteiger partial charge in [-0.05, 0) is 17.0 Å². The van der Waals surface area contributed by atoms with Crippen molar-refractivity contribution in [3.63, 3.8) is 0 Å². The molecule has 0 aliphatic rings. The maximum absolute atomic E-state index is 14.5. The molecule has 2 nitrogen and oxygen atoms in total. The summed E-state index contributed by atoms with van der Waals surface area (Å²) < 4.78 is 14.5. The number of halogens is 1. The molecule has 2 aromatic rings. The molecule has 1 heterocycles. The molecule has 0 saturated carbocycles. The third-order valence-corrected chi connectivity index (χ3v) is 3.23. The summed E-state index contributed by atoms with van der Waals surface area (Å²) in [5, 5.41) is 0. The smallest absolute Gasteiger partial charge is 0.154 e. The quantitative estimate of drug-likeness (QED) is 0.703. The zero-order valence-electron chi connectivity index (χ0n) is 12.5. The first-order valence-electron chi connectivity index (χ1n) is 6.57. The Hall–Kier alpha value is -1.51. The fourth-order valence-corrected chi connectivity index (χ4v) is 1.99. The lowest BCUT2D eigenvalue weighted by Gasteiger charge is -2.21. The third-order valence-electron chi connectivity index (χ3n) is 3.23. The number of hydrogen-bond donors (Lipinski definition) is 0. The zero-order valence-corrected chi connectivity index (χ0v) is 12.5. The van der Waals surface area contributed by atoms with Gasteiger partial charge in [0.05, 0.1) is 11.2 Å². The lowest BCUT2D eigenvalue weighted by Crippen LogP contribution is -2.16. The predicted octanol–water partition coefficient (Wildman–Crippen LogP) is 4.36. The van der Waals surface area contributed by atoms with Crippen LogP contribution in [0, 0.1) is 5.82 Å². The molecule has 3 heteroatoms. The Morgan fingerprint density at radius 1 is 0.947 bits per heavy atom. The number of nitrogens with zero attached hydrogens (tertiary/aromatic N) is 2. The van der Waals surface area contributed by atoms with Crippen molar-refractivity contribution in [3.05, 3.63) is 35.4 Å². The summed E-state index contributed by atoms with van der Waals surface area (Å²) in [6, 6.07) is 3.68. The molecule has 0 radical (unpaired) electrons. The molecular weight excluding hydrogens is 239 g/mol. The molecule has 0 unspecified atom stereocenters. The summed E-state index contributed by atoms with van der Waals surface area (Å²) in [7, 11) is 0. The van der Waals surface area contributed by atoms with Gasteiger partial charge >= 0.3 is 0 Å². The number of aromatic nitrogens is 2. The summed E-state index contributed by atoms with van der Waals surface area (Å²) in [5.41, 5.74) is 2.22. The molecule has 0 fully saturated rings. The second-order valence-electron chi connectivity index (χ2n) is 7.05. The van der Waals surface area contributed by atoms with E-state index in [9.17, 15) is 4.39 Å². The molecule has 102 valence electrons. The van der Waals surface area contributed by atoms with Crippen LogP contribution in [-0.2, 0) is 10.8 Å². The first-order valence-corrected chi connectivity index (χ1v) is 6.57. The summed E-state index contributed by atoms with van der Waals surface area (Å²) >= 11 is 0. The average Bonchev–Trinajstić information content (AvgIpc) is 2.26. The SMILES string of the molecule is CC(C)(C)c1cnc2c(F)c(C(C)(C)C)ccc2n1. The molecule has 0 spiro atoms. The van der Waals surface area contributed by atoms with Gasteiger partial charge in [-0.1, -0.05) is 47.6 Å². The molecular formula is C16H21FN2. The molecule has 1 aromatic heterocycles. The summed E-state index contributed by atoms with van der Waals surface area (Å²) in [6.45, 7) is 12.2. The molecule has 0 atom stereocenters. The lowest BCUT2D eigenvalue weighted by atomic mass is 9.86. The average molecular weight is 260 g/mol. The van der Waals surface area contributed by atoms with E-state index < -0.39 is 0 Å². The summed E-state index contributed by atoms with van der Waals surface area (Å²) in [5.74, 6) is -0.252. The second-order valence-corrected chi connectivity index (χ2v) is 7.05. The Balaban J connectivity index is 2.67. The highest BCUT2D eigenvalue weighted by Gasteiger charge is 2.22. The van der Waals surface area contributed by atoms with E-state index in [1.54, 1.807) is 6.20 Å². The van der Waals surface area contributed by atoms with E-state index in [0.29, 0.717) is 16.6 Å². The Kier molecular flexibility index (Phi) is 3.12. The number of rotatable bonds is 0. The molecule has 2 rings (SSSR count). The van der Waals surface area contributed by atoms with E-state index in [4.69, 9.17) is 0 Å². The minimum atomic E-state index is -0.252. The van der Waals surface area contributed by atoms with Gasteiger partial charge in [-0.25, -0.2) is 14.4 Å². The van der Waals surface area contributed by atoms with Crippen LogP contribution in [0.1, 0.15) is 52.8 Å². The van der Waals surface area contributed by atoms with Crippen molar-refractivity contribution in [2.45, 2.75) is 52.4 Å². The van der Waals surface area contributed by atoms with E-state index in [-0.39, 0.29) is 16.6 Å². The zero-order chi connectivity index (χ0) is 14.4. The normalized spacial score (nSPS) is 13.0. The van der Waals surface area contributed by atoms with Crippen LogP contribution in [-0.4, -0.2) is 9.97 Å². The minimum Gasteiger partial charge on any atom is -0.250 e. The minimum absolute atomic E-state index is 0.0830. The van der Waals surface area contributed by atoms with Crippen LogP contribution >= 0.6 is 0 Å². The molecule has 0 bridgehead atoms. The Labute approximate surface area is 114 Å². The summed E-state index contributed by atoms with van der Waals surface area (Å²) in [4.78, 5) is 8.81. The molecule has 0 saturated heterocycles. The highest BCUT2D eigenvalue weighted by molar-refractivity contribution is 5.76. The van der Waals surface area contributed by atoms with E-state index in [2.05, 4.69) is 30.7 Å². The van der Waals surface area contributed by atoms with Crippen LogP contribution in [0.3, 0.4) is 0 Å². The third kappa shape index (κ3) is 2.60. The van der Waals surface area contributed by atoms with E-state index in [1.165, 1.54) is 0 Å². The van der Waals surface area contributed by atoms with Crippen molar-refractivity contribution in [1.82, 2.24) is 9.97 Å². The number of benzene rings is 1. The molecule has 0 N–H and O–H groups in total. The number of fused-ring (bicyclic) bond motifs is 1. The standard InChI is InChI=1S/C16H21FN2/c1-15(2,3)10-7-8-11-14(13(10)17)18-9-12(19-11)16(4,5)6/h7-9H,1-6H3. The van der Waals surface area contributed by atoms with Crippen molar-refractivity contribution >= 4 is 11.0 Å². The van der Waals surface area contributed by atoms with Crippen LogP contribution in [0.15, 0.2) is 18.3 Å². The van der Waals surface area contributed by atoms with Crippen molar-refractivity contribution in [2.24, 2.45) is 0 Å². The Morgan fingerprint density at radius 2 is 1.58 bits per heavy atom. The van der Waals surface area contributed by atoms with E-state index in [1.807, 2.05) is 32.9 Å². The van der Waals surface area contributed by atoms with Crippen molar-refractivity contribution < 1.29 is 4.39 Å². The first kappa shape index (κ1) is 13.9. The molecule has 1 aromatic carbocycles. The fourth-order valence-electron chi connectivity index (χ4n) is 1.99. The topological polar surface area (TPSA) is 25.8 Å². The maximum Gasteiger partial charge on any atom is 0.154 e. The second kappa shape index (κ2) is 4.26. The number of hydrogen-bond acceptors (Lipinski definition) is 2. The van der Waals surface area contributed by atoms with Gasteiger partial charge < -0.3 is 0 Å². The lowest BCUT2D eigenvalue weighted by molar-refractivity contribution is 0.526. The Bertz CT molecular complexity index is 619. The monoisotopic (exact) mass is 260 g/mol. The van der Waals surface area contributed by atoms with Crippen LogP contribution in [0.2, 0.25) is 0 Å². The first-order chi connectivity index (χ1) is 8.60. The highest BCUT2D eigenvalue weighted by atomic mass is 19.1. The molecule has 0 aliphatic carbocycles. The van der Waals surface area contributed by atoms with Gasteiger partial charge in [-0.3, -0.25) is 0 Å². The van der Waals surface area contributed by atoms with Gasteiger partial charge in [-0.15, -0.1) is 0 Å². The van der Waals surface area contributed by atoms with Crippen molar-refractivity contribution in [1.29, 1.82) is 0 Å². The van der Waals surface area contributed by atoms with Gasteiger partial charge in [0, 0.05) is 11.6 Å². The highest BCUT2D eigenvalue weighted by Crippen LogP contribution is 2.29. The van der Waals surface area contributed by atoms with Gasteiger partial charge in [0.2, 0.25) is 0 Å². The fraction of sp³-hybridized carbons (Fsp3) is 0.500. The maximum atomic E-state index is 14.5. The summed E-state index contributed by atoms with van der Waals surface area (Å²) in [6.07, 6.45) is 1.68. The predicted molar refractivity (Wildman–Crippen MR) is 76.9 cm³/mol. The van der Waals surface area contributed by atoms with Crippen molar-refractivity contribution in [2.75, 3.05) is 0 Å². The van der Waals surface area contributed by atoms with Crippen LogP contribution in [0.4, 0.5) is 4.39 Å². The largest absolute Gasteiger partial charge is 0.250 e. The van der Waals surface area contributed by atoms with Gasteiger partial charge in [-0.2, -0.15) is 0 Å². The van der Waals surface area contributed by atoms with Crippen molar-refractivity contribution in [3.8, 4) is 0 Å². The van der Waals surface area contributed by atoms with Crippen LogP contribution < -0.4 is 0 Å². The van der Waals surface area contributed by atoms with Crippen LogP contribution in [0.5, 0.6) is 0 Å². The van der Waals surface area contributed by atoms with Gasteiger partial charge in [0.25, 0.3) is 0 Å². The molecule has 0 aliphatic heterocycles. The Morgan fingerprint density at radius 3 is 2.11 bits per heavy atom. The van der Waals surface area contributed by atoms with Gasteiger partial charge in [0.15, 0.2) is 5.82 Å². The van der Waals surface area contributed by atoms with Crippen LogP contribution in [0.25, 0.3) is 11.0 Å². The molecule has 19 heavy (non-hydrogen) atoms.